The SMILES string of the molecule is O=[N+]([O-])c1cc(Br)c(OC[B-](F)(F)F)c(Br)c1.[K+]. The van der Waals surface area contributed by atoms with Crippen molar-refractivity contribution in [3.05, 3.63) is 31.2 Å². The molecule has 0 radical (unpaired) electrons. The molecule has 1 aromatic rings. The second kappa shape index (κ2) is 7.60. The quantitative estimate of drug-likeness (QED) is 0.416. The van der Waals surface area contributed by atoms with Crippen molar-refractivity contribution >= 4 is 44.5 Å². The van der Waals surface area contributed by atoms with Crippen molar-refractivity contribution in [1.82, 2.24) is 0 Å². The monoisotopic (exact) mass is 415 g/mol. The molecular formula is C7H4BBr2F3KNO3. The van der Waals surface area contributed by atoms with Gasteiger partial charge in [-0.1, -0.05) is 0 Å². The Hall–Kier alpha value is 0.871. The van der Waals surface area contributed by atoms with Gasteiger partial charge in [-0.3, -0.25) is 10.1 Å². The van der Waals surface area contributed by atoms with E-state index in [2.05, 4.69) is 36.6 Å². The molecule has 0 fully saturated rings. The van der Waals surface area contributed by atoms with E-state index in [1.165, 1.54) is 0 Å². The van der Waals surface area contributed by atoms with E-state index in [4.69, 9.17) is 0 Å². The van der Waals surface area contributed by atoms with Crippen LogP contribution in [0.2, 0.25) is 0 Å². The summed E-state index contributed by atoms with van der Waals surface area (Å²) in [4.78, 5) is 9.82. The van der Waals surface area contributed by atoms with Crippen LogP contribution < -0.4 is 56.1 Å². The molecule has 4 nitrogen and oxygen atoms in total. The van der Waals surface area contributed by atoms with E-state index in [0.29, 0.717) is 0 Å². The fraction of sp³-hybridized carbons (Fsp3) is 0.143. The molecule has 0 amide bonds. The van der Waals surface area contributed by atoms with Crippen LogP contribution >= 0.6 is 31.9 Å². The molecule has 0 N–H and O–H groups in total. The third-order valence-corrected chi connectivity index (χ3v) is 2.79. The van der Waals surface area contributed by atoms with E-state index in [1.54, 1.807) is 0 Å². The molecule has 0 atom stereocenters. The first-order valence-electron chi connectivity index (χ1n) is 4.18. The molecule has 18 heavy (non-hydrogen) atoms. The number of hydrogen-bond donors (Lipinski definition) is 0. The molecule has 1 aromatic carbocycles. The van der Waals surface area contributed by atoms with Crippen molar-refractivity contribution in [1.29, 1.82) is 0 Å². The summed E-state index contributed by atoms with van der Waals surface area (Å²) >= 11 is 5.83. The summed E-state index contributed by atoms with van der Waals surface area (Å²) < 4.78 is 40.7. The van der Waals surface area contributed by atoms with Crippen molar-refractivity contribution in [2.24, 2.45) is 0 Å². The zero-order valence-electron chi connectivity index (χ0n) is 9.00. The van der Waals surface area contributed by atoms with Gasteiger partial charge in [-0.2, -0.15) is 0 Å². The predicted molar refractivity (Wildman–Crippen MR) is 63.1 cm³/mol. The molecule has 0 aliphatic rings. The number of non-ortho nitro benzene ring substituents is 1. The number of rotatable bonds is 4. The number of ether oxygens (including phenoxy) is 1. The van der Waals surface area contributed by atoms with Crippen LogP contribution in [0.15, 0.2) is 21.1 Å². The summed E-state index contributed by atoms with van der Waals surface area (Å²) in [5.41, 5.74) is -0.256. The van der Waals surface area contributed by atoms with Gasteiger partial charge < -0.3 is 17.7 Å². The van der Waals surface area contributed by atoms with Crippen LogP contribution in [0.5, 0.6) is 5.75 Å². The number of hydrogen-bond acceptors (Lipinski definition) is 3. The fourth-order valence-corrected chi connectivity index (χ4v) is 2.36. The molecule has 1 rings (SSSR count). The summed E-state index contributed by atoms with van der Waals surface area (Å²) in [5, 5.41) is 10.5. The summed E-state index contributed by atoms with van der Waals surface area (Å²) in [5.74, 6) is -0.116. The van der Waals surface area contributed by atoms with E-state index >= 15 is 0 Å². The van der Waals surface area contributed by atoms with Crippen LogP contribution in [0, 0.1) is 10.1 Å². The molecule has 0 aliphatic carbocycles. The first-order chi connectivity index (χ1) is 7.70. The van der Waals surface area contributed by atoms with E-state index < -0.39 is 18.4 Å². The van der Waals surface area contributed by atoms with Gasteiger partial charge >= 0.3 is 58.4 Å². The molecular weight excluding hydrogens is 413 g/mol. The van der Waals surface area contributed by atoms with Crippen LogP contribution in [0.1, 0.15) is 0 Å². The number of nitro groups is 1. The zero-order valence-corrected chi connectivity index (χ0v) is 15.3. The molecule has 0 unspecified atom stereocenters. The summed E-state index contributed by atoms with van der Waals surface area (Å²) in [6, 6.07) is 2.15. The topological polar surface area (TPSA) is 52.4 Å². The Bertz CT molecular complexity index is 437. The van der Waals surface area contributed by atoms with E-state index in [1.807, 2.05) is 0 Å². The maximum absolute atomic E-state index is 12.0. The Morgan fingerprint density at radius 3 is 2.06 bits per heavy atom. The largest absolute Gasteiger partial charge is 1.00 e. The minimum absolute atomic E-state index is 0. The Labute approximate surface area is 160 Å². The van der Waals surface area contributed by atoms with Gasteiger partial charge in [0.1, 0.15) is 5.75 Å². The maximum atomic E-state index is 12.0. The number of nitrogens with zero attached hydrogens (tertiary/aromatic N) is 1. The second-order valence-electron chi connectivity index (χ2n) is 3.02. The summed E-state index contributed by atoms with van der Waals surface area (Å²) in [6.07, 6.45) is 0. The predicted octanol–water partition coefficient (Wildman–Crippen LogP) is 0.889. The molecule has 0 saturated carbocycles. The van der Waals surface area contributed by atoms with Gasteiger partial charge in [-0.25, -0.2) is 0 Å². The Morgan fingerprint density at radius 2 is 1.72 bits per heavy atom. The third kappa shape index (κ3) is 5.89. The number of nitro benzene ring substituents is 1. The summed E-state index contributed by atoms with van der Waals surface area (Å²) in [6.45, 7) is -6.49. The molecule has 0 bridgehead atoms. The smallest absolute Gasteiger partial charge is 0.520 e. The Balaban J connectivity index is 0.00000289. The van der Waals surface area contributed by atoms with Crippen molar-refractivity contribution in [2.45, 2.75) is 0 Å². The van der Waals surface area contributed by atoms with Crippen molar-refractivity contribution in [3.63, 3.8) is 0 Å². The maximum Gasteiger partial charge on any atom is 1.00 e. The van der Waals surface area contributed by atoms with Crippen LogP contribution in [-0.2, 0) is 0 Å². The van der Waals surface area contributed by atoms with Gasteiger partial charge in [-0.15, -0.1) is 0 Å². The van der Waals surface area contributed by atoms with E-state index in [-0.39, 0.29) is 71.8 Å². The van der Waals surface area contributed by atoms with Gasteiger partial charge in [0.2, 0.25) is 0 Å². The number of halogens is 5. The zero-order chi connectivity index (χ0) is 13.2. The molecule has 11 heteroatoms. The molecule has 0 heterocycles. The van der Waals surface area contributed by atoms with Gasteiger partial charge in [-0.05, 0) is 31.9 Å². The molecule has 0 aromatic heterocycles. The fourth-order valence-electron chi connectivity index (χ4n) is 0.968. The normalized spacial score (nSPS) is 10.7. The third-order valence-electron chi connectivity index (χ3n) is 1.61. The minimum atomic E-state index is -5.08. The minimum Gasteiger partial charge on any atom is -0.520 e. The average Bonchev–Trinajstić information content (AvgIpc) is 2.14. The molecule has 94 valence electrons. The Morgan fingerprint density at radius 1 is 1.28 bits per heavy atom. The number of benzene rings is 1. The standard InChI is InChI=1S/C7H4BBr2F3NO3.K/c9-5-1-4(14(15)16)2-6(10)7(5)17-3-8(11,12)13;/h1-2H,3H2;/q-1;+1. The van der Waals surface area contributed by atoms with Crippen LogP contribution in [0.3, 0.4) is 0 Å². The van der Waals surface area contributed by atoms with Crippen molar-refractivity contribution in [2.75, 3.05) is 6.51 Å². The van der Waals surface area contributed by atoms with Crippen LogP contribution in [0.25, 0.3) is 0 Å². The van der Waals surface area contributed by atoms with Gasteiger partial charge in [0.15, 0.2) is 0 Å². The molecule has 0 saturated heterocycles. The van der Waals surface area contributed by atoms with E-state index in [0.717, 1.165) is 12.1 Å². The van der Waals surface area contributed by atoms with Gasteiger partial charge in [0.25, 0.3) is 5.69 Å². The van der Waals surface area contributed by atoms with E-state index in [9.17, 15) is 23.1 Å². The molecule has 0 aliphatic heterocycles. The van der Waals surface area contributed by atoms with Crippen LogP contribution in [0.4, 0.5) is 18.6 Å². The first-order valence-corrected chi connectivity index (χ1v) is 5.76. The second-order valence-corrected chi connectivity index (χ2v) is 4.73. The first kappa shape index (κ1) is 18.9. The van der Waals surface area contributed by atoms with Gasteiger partial charge in [0.05, 0.1) is 20.4 Å². The van der Waals surface area contributed by atoms with Crippen molar-refractivity contribution in [3.8, 4) is 5.75 Å². The van der Waals surface area contributed by atoms with Crippen molar-refractivity contribution < 1.29 is 74.0 Å². The Kier molecular flexibility index (Phi) is 7.97. The van der Waals surface area contributed by atoms with Gasteiger partial charge in [0, 0.05) is 12.1 Å². The summed E-state index contributed by atoms with van der Waals surface area (Å²) in [7, 11) is 0. The van der Waals surface area contributed by atoms with Crippen LogP contribution in [-0.4, -0.2) is 18.4 Å². The molecule has 0 spiro atoms. The average molecular weight is 417 g/mol.